The SMILES string of the molecule is CC[C@@H](NC1CCC2(CC1)CCN(Cc1ccccc1)C2)C(=O)N1CCN(C(=O)Oc2ccc(C)c(C)c2Cl)C[C@H]1C(=O)CCc1ccc(CN)c(OC)c1. The molecular weight excluding hydrogens is 714 g/mol. The first-order chi connectivity index (χ1) is 26.5. The third kappa shape index (κ3) is 9.71. The van der Waals surface area contributed by atoms with Gasteiger partial charge in [0.2, 0.25) is 5.91 Å². The van der Waals surface area contributed by atoms with E-state index in [1.54, 1.807) is 18.1 Å². The van der Waals surface area contributed by atoms with Crippen LogP contribution in [0.2, 0.25) is 5.02 Å². The highest BCUT2D eigenvalue weighted by atomic mass is 35.5. The Morgan fingerprint density at radius 1 is 0.964 bits per heavy atom. The van der Waals surface area contributed by atoms with E-state index in [1.807, 2.05) is 45.0 Å². The summed E-state index contributed by atoms with van der Waals surface area (Å²) in [5.41, 5.74) is 11.2. The molecule has 0 unspecified atom stereocenters. The Morgan fingerprint density at radius 3 is 2.44 bits per heavy atom. The molecule has 0 radical (unpaired) electrons. The fourth-order valence-corrected chi connectivity index (χ4v) is 8.94. The third-order valence-electron chi connectivity index (χ3n) is 12.3. The van der Waals surface area contributed by atoms with Crippen molar-refractivity contribution in [2.45, 2.75) is 103 Å². The third-order valence-corrected chi connectivity index (χ3v) is 12.8. The van der Waals surface area contributed by atoms with Crippen molar-refractivity contribution in [3.8, 4) is 11.5 Å². The number of ketones is 1. The van der Waals surface area contributed by atoms with E-state index in [2.05, 4.69) is 40.5 Å². The van der Waals surface area contributed by atoms with Crippen molar-refractivity contribution in [3.63, 3.8) is 0 Å². The molecule has 55 heavy (non-hydrogen) atoms. The number of carbonyl (C=O) groups excluding carboxylic acids is 3. The van der Waals surface area contributed by atoms with Crippen LogP contribution in [0, 0.1) is 19.3 Å². The van der Waals surface area contributed by atoms with E-state index in [9.17, 15) is 14.4 Å². The van der Waals surface area contributed by atoms with Crippen molar-refractivity contribution in [3.05, 3.63) is 93.5 Å². The molecule has 1 spiro atoms. The highest BCUT2D eigenvalue weighted by Gasteiger charge is 2.43. The predicted molar refractivity (Wildman–Crippen MR) is 216 cm³/mol. The second-order valence-electron chi connectivity index (χ2n) is 15.8. The van der Waals surface area contributed by atoms with Gasteiger partial charge in [-0.15, -0.1) is 0 Å². The van der Waals surface area contributed by atoms with Gasteiger partial charge in [0.05, 0.1) is 24.7 Å². The number of benzene rings is 3. The number of halogens is 1. The molecule has 11 heteroatoms. The number of carbonyl (C=O) groups is 3. The number of Topliss-reactive ketones (excluding diaryl/α,β-unsaturated/α-hetero) is 1. The van der Waals surface area contributed by atoms with E-state index in [1.165, 1.54) is 16.9 Å². The molecule has 1 aliphatic carbocycles. The molecule has 2 heterocycles. The van der Waals surface area contributed by atoms with Crippen LogP contribution in [-0.2, 0) is 29.1 Å². The molecule has 2 saturated heterocycles. The molecule has 3 aliphatic rings. The normalized spacial score (nSPS) is 22.1. The Kier molecular flexibility index (Phi) is 13.6. The minimum absolute atomic E-state index is 0.0448. The summed E-state index contributed by atoms with van der Waals surface area (Å²) >= 11 is 6.54. The van der Waals surface area contributed by atoms with Crippen LogP contribution in [-0.4, -0.2) is 90.4 Å². The predicted octanol–water partition coefficient (Wildman–Crippen LogP) is 6.84. The van der Waals surface area contributed by atoms with Gasteiger partial charge in [-0.05, 0) is 105 Å². The quantitative estimate of drug-likeness (QED) is 0.194. The van der Waals surface area contributed by atoms with Crippen LogP contribution in [0.15, 0.2) is 60.7 Å². The number of nitrogens with zero attached hydrogens (tertiary/aromatic N) is 3. The van der Waals surface area contributed by atoms with Crippen molar-refractivity contribution in [2.24, 2.45) is 11.1 Å². The zero-order chi connectivity index (χ0) is 39.1. The minimum Gasteiger partial charge on any atom is -0.496 e. The first-order valence-corrected chi connectivity index (χ1v) is 20.3. The van der Waals surface area contributed by atoms with E-state index < -0.39 is 18.2 Å². The maximum Gasteiger partial charge on any atom is 0.415 e. The lowest BCUT2D eigenvalue weighted by Crippen LogP contribution is -2.63. The van der Waals surface area contributed by atoms with Crippen LogP contribution >= 0.6 is 11.6 Å². The van der Waals surface area contributed by atoms with Gasteiger partial charge in [-0.25, -0.2) is 4.79 Å². The molecule has 3 aromatic carbocycles. The number of aryl methyl sites for hydroxylation is 2. The topological polar surface area (TPSA) is 117 Å². The van der Waals surface area contributed by atoms with Gasteiger partial charge in [-0.3, -0.25) is 14.5 Å². The highest BCUT2D eigenvalue weighted by molar-refractivity contribution is 6.33. The van der Waals surface area contributed by atoms with Crippen LogP contribution in [0.25, 0.3) is 0 Å². The van der Waals surface area contributed by atoms with E-state index in [0.717, 1.165) is 67.6 Å². The van der Waals surface area contributed by atoms with Crippen molar-refractivity contribution < 1.29 is 23.9 Å². The summed E-state index contributed by atoms with van der Waals surface area (Å²) in [7, 11) is 1.60. The van der Waals surface area contributed by atoms with E-state index >= 15 is 0 Å². The van der Waals surface area contributed by atoms with Gasteiger partial charge >= 0.3 is 6.09 Å². The second kappa shape index (κ2) is 18.3. The number of ether oxygens (including phenoxy) is 2. The van der Waals surface area contributed by atoms with Gasteiger partial charge in [0.1, 0.15) is 11.8 Å². The van der Waals surface area contributed by atoms with Gasteiger partial charge in [0, 0.05) is 50.7 Å². The van der Waals surface area contributed by atoms with Gasteiger partial charge in [0.15, 0.2) is 11.5 Å². The molecule has 3 N–H and O–H groups in total. The van der Waals surface area contributed by atoms with Crippen molar-refractivity contribution in [2.75, 3.05) is 39.8 Å². The standard InChI is InChI=1S/C44H58ClN5O5/c1-5-36(47-35-17-19-44(20-18-35)21-22-48(29-44)27-33-9-7-6-8-10-33)42(52)50-24-23-49(43(53)55-39-16-11-30(2)31(3)41(39)45)28-37(50)38(51)15-13-32-12-14-34(26-46)40(25-32)54-4/h6-12,14,16,25,35-37,47H,5,13,15,17-24,26-29,46H2,1-4H3/t35?,36-,37+,44?/m1/s1. The fraction of sp³-hybridized carbons (Fsp3) is 0.523. The molecule has 2 atom stereocenters. The maximum atomic E-state index is 14.4. The molecular formula is C44H58ClN5O5. The maximum absolute atomic E-state index is 14.4. The fourth-order valence-electron chi connectivity index (χ4n) is 8.69. The highest BCUT2D eigenvalue weighted by Crippen LogP contribution is 2.44. The largest absolute Gasteiger partial charge is 0.496 e. The number of rotatable bonds is 13. The molecule has 6 rings (SSSR count). The Balaban J connectivity index is 1.11. The summed E-state index contributed by atoms with van der Waals surface area (Å²) in [6.07, 6.45) is 6.23. The first kappa shape index (κ1) is 40.7. The Morgan fingerprint density at radius 2 is 1.73 bits per heavy atom. The summed E-state index contributed by atoms with van der Waals surface area (Å²) in [5.74, 6) is 0.767. The zero-order valence-corrected chi connectivity index (χ0v) is 33.7. The second-order valence-corrected chi connectivity index (χ2v) is 16.2. The summed E-state index contributed by atoms with van der Waals surface area (Å²) in [6.45, 7) is 9.97. The first-order valence-electron chi connectivity index (χ1n) is 20.0. The van der Waals surface area contributed by atoms with E-state index in [0.29, 0.717) is 35.6 Å². The lowest BCUT2D eigenvalue weighted by atomic mass is 9.72. The summed E-state index contributed by atoms with van der Waals surface area (Å²) in [5, 5.41) is 4.11. The number of amides is 2. The lowest BCUT2D eigenvalue weighted by molar-refractivity contribution is -0.144. The molecule has 3 aromatic rings. The Labute approximate surface area is 331 Å². The lowest BCUT2D eigenvalue weighted by Gasteiger charge is -2.43. The smallest absolute Gasteiger partial charge is 0.415 e. The minimum atomic E-state index is -0.811. The summed E-state index contributed by atoms with van der Waals surface area (Å²) < 4.78 is 11.3. The van der Waals surface area contributed by atoms with Crippen LogP contribution in [0.1, 0.15) is 79.7 Å². The van der Waals surface area contributed by atoms with Crippen molar-refractivity contribution in [1.29, 1.82) is 0 Å². The Bertz CT molecular complexity index is 1810. The number of piperazine rings is 1. The molecule has 2 amide bonds. The summed E-state index contributed by atoms with van der Waals surface area (Å²) in [4.78, 5) is 47.9. The number of methoxy groups -OCH3 is 1. The molecule has 2 aliphatic heterocycles. The molecule has 296 valence electrons. The van der Waals surface area contributed by atoms with Gasteiger partial charge < -0.3 is 30.3 Å². The zero-order valence-electron chi connectivity index (χ0n) is 33.0. The van der Waals surface area contributed by atoms with E-state index in [4.69, 9.17) is 26.8 Å². The molecule has 3 fully saturated rings. The average molecular weight is 772 g/mol. The van der Waals surface area contributed by atoms with Crippen LogP contribution in [0.4, 0.5) is 4.79 Å². The Hall–Kier alpha value is -3.96. The number of nitrogens with one attached hydrogen (secondary N) is 1. The van der Waals surface area contributed by atoms with Crippen LogP contribution in [0.5, 0.6) is 11.5 Å². The molecule has 1 saturated carbocycles. The van der Waals surface area contributed by atoms with Crippen molar-refractivity contribution in [1.82, 2.24) is 20.0 Å². The number of hydrogen-bond acceptors (Lipinski definition) is 8. The monoisotopic (exact) mass is 771 g/mol. The molecule has 0 bridgehead atoms. The van der Waals surface area contributed by atoms with Crippen molar-refractivity contribution >= 4 is 29.4 Å². The van der Waals surface area contributed by atoms with Crippen LogP contribution in [0.3, 0.4) is 0 Å². The van der Waals surface area contributed by atoms with Gasteiger partial charge in [0.25, 0.3) is 0 Å². The number of likely N-dealkylation sites (tertiary alicyclic amines) is 1. The number of nitrogens with two attached hydrogens (primary N) is 1. The van der Waals surface area contributed by atoms with Gasteiger partial charge in [-0.2, -0.15) is 0 Å². The van der Waals surface area contributed by atoms with Gasteiger partial charge in [-0.1, -0.05) is 67.1 Å². The number of hydrogen-bond donors (Lipinski definition) is 2. The summed E-state index contributed by atoms with van der Waals surface area (Å²) in [6, 6.07) is 19.0. The van der Waals surface area contributed by atoms with Crippen LogP contribution < -0.4 is 20.5 Å². The average Bonchev–Trinajstić information content (AvgIpc) is 3.60. The molecule has 0 aromatic heterocycles. The van der Waals surface area contributed by atoms with E-state index in [-0.39, 0.29) is 49.5 Å². The molecule has 10 nitrogen and oxygen atoms in total.